The second kappa shape index (κ2) is 7.12. The molecule has 0 unspecified atom stereocenters. The number of benzene rings is 1. The third-order valence-corrected chi connectivity index (χ3v) is 2.75. The van der Waals surface area contributed by atoms with Crippen molar-refractivity contribution in [3.63, 3.8) is 0 Å². The van der Waals surface area contributed by atoms with Crippen molar-refractivity contribution in [1.82, 2.24) is 10.3 Å². The third-order valence-electron chi connectivity index (χ3n) is 2.75. The van der Waals surface area contributed by atoms with Crippen LogP contribution >= 0.6 is 0 Å². The number of oxazole rings is 1. The van der Waals surface area contributed by atoms with Crippen molar-refractivity contribution in [3.05, 3.63) is 41.9 Å². The van der Waals surface area contributed by atoms with E-state index in [2.05, 4.69) is 10.3 Å². The van der Waals surface area contributed by atoms with Gasteiger partial charge in [-0.3, -0.25) is 0 Å². The van der Waals surface area contributed by atoms with E-state index in [1.165, 1.54) is 6.20 Å². The van der Waals surface area contributed by atoms with Gasteiger partial charge >= 0.3 is 0 Å². The lowest BCUT2D eigenvalue weighted by molar-refractivity contribution is 0.199. The Morgan fingerprint density at radius 1 is 1.30 bits per heavy atom. The Kier molecular flexibility index (Phi) is 5.20. The molecule has 1 aromatic carbocycles. The van der Waals surface area contributed by atoms with Crippen LogP contribution in [0.5, 0.6) is 0 Å². The third kappa shape index (κ3) is 3.85. The van der Waals surface area contributed by atoms with Gasteiger partial charge in [0.1, 0.15) is 11.6 Å². The lowest BCUT2D eigenvalue weighted by atomic mass is 10.2. The van der Waals surface area contributed by atoms with Gasteiger partial charge in [-0.1, -0.05) is 0 Å². The molecule has 1 heterocycles. The summed E-state index contributed by atoms with van der Waals surface area (Å²) in [5.41, 5.74) is 0.0797. The molecule has 0 bridgehead atoms. The Bertz CT molecular complexity index is 558. The van der Waals surface area contributed by atoms with E-state index >= 15 is 0 Å². The molecule has 4 nitrogen and oxygen atoms in total. The molecule has 2 aromatic rings. The zero-order valence-electron chi connectivity index (χ0n) is 11.2. The van der Waals surface area contributed by atoms with Crippen LogP contribution in [-0.2, 0) is 11.2 Å². The standard InChI is InChI=1S/C14H16F2N2O2/c1-19-7-6-17-5-4-14-18-9-13(20-14)11-8-10(15)2-3-12(11)16/h2-3,8-9,17H,4-7H2,1H3. The Balaban J connectivity index is 1.96. The maximum Gasteiger partial charge on any atom is 0.196 e. The van der Waals surface area contributed by atoms with Gasteiger partial charge in [0.15, 0.2) is 11.7 Å². The maximum atomic E-state index is 13.6. The molecule has 20 heavy (non-hydrogen) atoms. The number of methoxy groups -OCH3 is 1. The first-order valence-electron chi connectivity index (χ1n) is 6.30. The molecule has 0 spiro atoms. The fourth-order valence-electron chi connectivity index (χ4n) is 1.73. The summed E-state index contributed by atoms with van der Waals surface area (Å²) < 4.78 is 37.0. The highest BCUT2D eigenvalue weighted by molar-refractivity contribution is 5.57. The predicted octanol–water partition coefficient (Wildman–Crippen LogP) is 2.40. The number of hydrogen-bond acceptors (Lipinski definition) is 4. The summed E-state index contributed by atoms with van der Waals surface area (Å²) in [5.74, 6) is -0.338. The molecule has 0 aliphatic heterocycles. The quantitative estimate of drug-likeness (QED) is 0.792. The summed E-state index contributed by atoms with van der Waals surface area (Å²) in [7, 11) is 1.63. The van der Waals surface area contributed by atoms with E-state index < -0.39 is 11.6 Å². The van der Waals surface area contributed by atoms with Gasteiger partial charge < -0.3 is 14.5 Å². The van der Waals surface area contributed by atoms with Crippen LogP contribution < -0.4 is 5.32 Å². The molecule has 1 N–H and O–H groups in total. The second-order valence-corrected chi connectivity index (χ2v) is 4.24. The van der Waals surface area contributed by atoms with E-state index in [9.17, 15) is 8.78 Å². The van der Waals surface area contributed by atoms with Gasteiger partial charge in [0, 0.05) is 26.6 Å². The van der Waals surface area contributed by atoms with Crippen molar-refractivity contribution >= 4 is 0 Å². The summed E-state index contributed by atoms with van der Waals surface area (Å²) in [4.78, 5) is 4.05. The minimum absolute atomic E-state index is 0.0797. The van der Waals surface area contributed by atoms with Gasteiger partial charge in [-0.25, -0.2) is 13.8 Å². The van der Waals surface area contributed by atoms with Gasteiger partial charge in [-0.2, -0.15) is 0 Å². The fraction of sp³-hybridized carbons (Fsp3) is 0.357. The number of nitrogens with zero attached hydrogens (tertiary/aromatic N) is 1. The highest BCUT2D eigenvalue weighted by Crippen LogP contribution is 2.24. The normalized spacial score (nSPS) is 10.9. The smallest absolute Gasteiger partial charge is 0.196 e. The molecule has 0 radical (unpaired) electrons. The molecule has 6 heteroatoms. The molecule has 0 amide bonds. The minimum Gasteiger partial charge on any atom is -0.441 e. The molecule has 2 rings (SSSR count). The number of rotatable bonds is 7. The Labute approximate surface area is 115 Å². The summed E-state index contributed by atoms with van der Waals surface area (Å²) in [6.07, 6.45) is 1.98. The van der Waals surface area contributed by atoms with Crippen LogP contribution in [0.25, 0.3) is 11.3 Å². The summed E-state index contributed by atoms with van der Waals surface area (Å²) in [6.45, 7) is 2.04. The van der Waals surface area contributed by atoms with E-state index in [0.717, 1.165) is 24.7 Å². The molecule has 1 aromatic heterocycles. The van der Waals surface area contributed by atoms with Crippen LogP contribution in [0.2, 0.25) is 0 Å². The number of nitrogens with one attached hydrogen (secondary N) is 1. The first-order valence-corrected chi connectivity index (χ1v) is 6.30. The highest BCUT2D eigenvalue weighted by Gasteiger charge is 2.11. The van der Waals surface area contributed by atoms with Gasteiger partial charge in [-0.05, 0) is 18.2 Å². The van der Waals surface area contributed by atoms with Crippen molar-refractivity contribution in [2.75, 3.05) is 26.8 Å². The van der Waals surface area contributed by atoms with E-state index in [1.807, 2.05) is 0 Å². The van der Waals surface area contributed by atoms with Crippen molar-refractivity contribution in [2.24, 2.45) is 0 Å². The number of ether oxygens (including phenoxy) is 1. The largest absolute Gasteiger partial charge is 0.441 e. The topological polar surface area (TPSA) is 47.3 Å². The van der Waals surface area contributed by atoms with E-state index in [4.69, 9.17) is 9.15 Å². The van der Waals surface area contributed by atoms with Crippen LogP contribution in [0.1, 0.15) is 5.89 Å². The first kappa shape index (κ1) is 14.6. The van der Waals surface area contributed by atoms with Crippen LogP contribution in [0.15, 0.2) is 28.8 Å². The first-order chi connectivity index (χ1) is 9.70. The van der Waals surface area contributed by atoms with Gasteiger partial charge in [0.25, 0.3) is 0 Å². The molecule has 0 fully saturated rings. The van der Waals surface area contributed by atoms with E-state index in [1.54, 1.807) is 7.11 Å². The van der Waals surface area contributed by atoms with Gasteiger partial charge in [0.2, 0.25) is 0 Å². The Morgan fingerprint density at radius 3 is 2.95 bits per heavy atom. The predicted molar refractivity (Wildman–Crippen MR) is 70.3 cm³/mol. The summed E-state index contributed by atoms with van der Waals surface area (Å²) in [5, 5.41) is 3.15. The average Bonchev–Trinajstić information content (AvgIpc) is 2.90. The Hall–Kier alpha value is -1.79. The zero-order valence-corrected chi connectivity index (χ0v) is 11.2. The highest BCUT2D eigenvalue weighted by atomic mass is 19.1. The molecular formula is C14H16F2N2O2. The monoisotopic (exact) mass is 282 g/mol. The van der Waals surface area contributed by atoms with Crippen LogP contribution in [0.3, 0.4) is 0 Å². The van der Waals surface area contributed by atoms with E-state index in [0.29, 0.717) is 25.5 Å². The lowest BCUT2D eigenvalue weighted by Crippen LogP contribution is -2.21. The lowest BCUT2D eigenvalue weighted by Gasteiger charge is -2.01. The van der Waals surface area contributed by atoms with Crippen LogP contribution in [-0.4, -0.2) is 31.8 Å². The number of aromatic nitrogens is 1. The molecule has 0 saturated heterocycles. The van der Waals surface area contributed by atoms with Crippen LogP contribution in [0, 0.1) is 11.6 Å². The van der Waals surface area contributed by atoms with Gasteiger partial charge in [0.05, 0.1) is 18.4 Å². The maximum absolute atomic E-state index is 13.6. The Morgan fingerprint density at radius 2 is 2.15 bits per heavy atom. The molecular weight excluding hydrogens is 266 g/mol. The second-order valence-electron chi connectivity index (χ2n) is 4.24. The number of hydrogen-bond donors (Lipinski definition) is 1. The fourth-order valence-corrected chi connectivity index (χ4v) is 1.73. The van der Waals surface area contributed by atoms with E-state index in [-0.39, 0.29) is 11.3 Å². The van der Waals surface area contributed by atoms with Crippen molar-refractivity contribution < 1.29 is 17.9 Å². The molecule has 0 atom stereocenters. The molecule has 0 saturated carbocycles. The summed E-state index contributed by atoms with van der Waals surface area (Å²) in [6, 6.07) is 3.23. The summed E-state index contributed by atoms with van der Waals surface area (Å²) >= 11 is 0. The van der Waals surface area contributed by atoms with Gasteiger partial charge in [-0.15, -0.1) is 0 Å². The molecule has 0 aliphatic rings. The molecule has 108 valence electrons. The SMILES string of the molecule is COCCNCCc1ncc(-c2cc(F)ccc2F)o1. The van der Waals surface area contributed by atoms with Crippen molar-refractivity contribution in [2.45, 2.75) is 6.42 Å². The van der Waals surface area contributed by atoms with Crippen molar-refractivity contribution in [1.29, 1.82) is 0 Å². The minimum atomic E-state index is -0.535. The average molecular weight is 282 g/mol. The van der Waals surface area contributed by atoms with Crippen LogP contribution in [0.4, 0.5) is 8.78 Å². The number of halogens is 2. The molecule has 0 aliphatic carbocycles. The zero-order chi connectivity index (χ0) is 14.4. The van der Waals surface area contributed by atoms with Crippen molar-refractivity contribution in [3.8, 4) is 11.3 Å².